The van der Waals surface area contributed by atoms with Gasteiger partial charge in [0.2, 0.25) is 5.91 Å². The maximum Gasteiger partial charge on any atom is 0.223 e. The highest BCUT2D eigenvalue weighted by Gasteiger charge is 2.27. The number of pyridine rings is 1. The lowest BCUT2D eigenvalue weighted by Gasteiger charge is -2.34. The van der Waals surface area contributed by atoms with E-state index in [0.717, 1.165) is 53.6 Å². The van der Waals surface area contributed by atoms with Gasteiger partial charge in [-0.05, 0) is 44.4 Å². The van der Waals surface area contributed by atoms with Crippen LogP contribution < -0.4 is 10.2 Å². The average Bonchev–Trinajstić information content (AvgIpc) is 2.77. The summed E-state index contributed by atoms with van der Waals surface area (Å²) in [6, 6.07) is 16.7. The van der Waals surface area contributed by atoms with E-state index in [0.29, 0.717) is 12.1 Å². The number of carbonyl (C=O) groups is 1. The Balaban J connectivity index is 1.44. The van der Waals surface area contributed by atoms with Crippen molar-refractivity contribution in [3.8, 4) is 6.07 Å². The van der Waals surface area contributed by atoms with Crippen molar-refractivity contribution in [2.24, 2.45) is 5.92 Å². The van der Waals surface area contributed by atoms with Gasteiger partial charge >= 0.3 is 0 Å². The summed E-state index contributed by atoms with van der Waals surface area (Å²) in [5, 5.41) is 13.7. The van der Waals surface area contributed by atoms with Gasteiger partial charge in [0.1, 0.15) is 6.07 Å². The number of aryl methyl sites for hydroxylation is 2. The molecule has 0 spiro atoms. The first-order chi connectivity index (χ1) is 14.5. The number of carbonyl (C=O) groups excluding carboxylic acids is 1. The van der Waals surface area contributed by atoms with Gasteiger partial charge in [-0.25, -0.2) is 0 Å². The summed E-state index contributed by atoms with van der Waals surface area (Å²) < 4.78 is 0. The normalized spacial score (nSPS) is 14.5. The Bertz CT molecular complexity index is 1110. The molecule has 0 aliphatic carbocycles. The number of anilines is 1. The number of aromatic nitrogens is 1. The predicted octanol–water partition coefficient (Wildman–Crippen LogP) is 4.26. The predicted molar refractivity (Wildman–Crippen MR) is 119 cm³/mol. The fourth-order valence-corrected chi connectivity index (χ4v) is 4.12. The highest BCUT2D eigenvalue weighted by atomic mass is 16.1. The van der Waals surface area contributed by atoms with Crippen molar-refractivity contribution in [2.45, 2.75) is 33.2 Å². The van der Waals surface area contributed by atoms with E-state index in [1.165, 1.54) is 5.56 Å². The quantitative estimate of drug-likeness (QED) is 0.713. The minimum absolute atomic E-state index is 0.00655. The van der Waals surface area contributed by atoms with Crippen LogP contribution in [0.4, 0.5) is 5.69 Å². The van der Waals surface area contributed by atoms with Gasteiger partial charge in [0, 0.05) is 37.1 Å². The summed E-state index contributed by atoms with van der Waals surface area (Å²) in [6.45, 7) is 6.18. The molecule has 2 heterocycles. The van der Waals surface area contributed by atoms with E-state index in [4.69, 9.17) is 0 Å². The molecule has 1 saturated heterocycles. The maximum atomic E-state index is 12.7. The zero-order chi connectivity index (χ0) is 21.1. The Morgan fingerprint density at radius 1 is 1.13 bits per heavy atom. The molecule has 0 saturated carbocycles. The molecular weight excluding hydrogens is 372 g/mol. The zero-order valence-corrected chi connectivity index (χ0v) is 17.5. The van der Waals surface area contributed by atoms with Crippen LogP contribution in [0.1, 0.15) is 35.1 Å². The fourth-order valence-electron chi connectivity index (χ4n) is 4.12. The highest BCUT2D eigenvalue weighted by Crippen LogP contribution is 2.33. The van der Waals surface area contributed by atoms with Crippen molar-refractivity contribution in [1.82, 2.24) is 10.3 Å². The standard InChI is InChI=1S/C25H26N4O/c1-17-3-6-19(7-4-17)15-28-25(30)20-9-11-29(12-10-20)24-21(14-26)16-27-23-8-5-18(2)13-22(23)24/h3-8,13,16,20H,9-12,15H2,1-2H3,(H,28,30). The summed E-state index contributed by atoms with van der Waals surface area (Å²) in [5.74, 6) is 0.123. The smallest absolute Gasteiger partial charge is 0.223 e. The lowest BCUT2D eigenvalue weighted by molar-refractivity contribution is -0.125. The van der Waals surface area contributed by atoms with Crippen molar-refractivity contribution in [3.05, 3.63) is 70.9 Å². The third-order valence-electron chi connectivity index (χ3n) is 5.88. The number of nitrogens with zero attached hydrogens (tertiary/aromatic N) is 3. The highest BCUT2D eigenvalue weighted by molar-refractivity contribution is 5.95. The first-order valence-electron chi connectivity index (χ1n) is 10.4. The number of hydrogen-bond acceptors (Lipinski definition) is 4. The Morgan fingerprint density at radius 2 is 1.83 bits per heavy atom. The lowest BCUT2D eigenvalue weighted by atomic mass is 9.94. The average molecular weight is 399 g/mol. The number of amides is 1. The molecule has 1 aromatic heterocycles. The molecular formula is C25H26N4O. The van der Waals surface area contributed by atoms with Crippen molar-refractivity contribution in [1.29, 1.82) is 5.26 Å². The Morgan fingerprint density at radius 3 is 2.53 bits per heavy atom. The SMILES string of the molecule is Cc1ccc(CNC(=O)C2CCN(c3c(C#N)cnc4ccc(C)cc34)CC2)cc1. The molecule has 3 aromatic rings. The molecule has 0 atom stereocenters. The van der Waals surface area contributed by atoms with Crippen molar-refractivity contribution in [2.75, 3.05) is 18.0 Å². The van der Waals surface area contributed by atoms with Gasteiger partial charge in [-0.1, -0.05) is 41.5 Å². The topological polar surface area (TPSA) is 69.0 Å². The minimum atomic E-state index is 0.00655. The number of nitrogens with one attached hydrogen (secondary N) is 1. The van der Waals surface area contributed by atoms with E-state index in [-0.39, 0.29) is 11.8 Å². The number of nitriles is 1. The zero-order valence-electron chi connectivity index (χ0n) is 17.5. The number of rotatable bonds is 4. The molecule has 2 aromatic carbocycles. The number of benzene rings is 2. The maximum absolute atomic E-state index is 12.7. The van der Waals surface area contributed by atoms with Crippen LogP contribution in [-0.4, -0.2) is 24.0 Å². The van der Waals surface area contributed by atoms with E-state index in [1.54, 1.807) is 6.20 Å². The summed E-state index contributed by atoms with van der Waals surface area (Å²) in [7, 11) is 0. The largest absolute Gasteiger partial charge is 0.370 e. The first kappa shape index (κ1) is 19.9. The van der Waals surface area contributed by atoms with Crippen LogP contribution in [0.2, 0.25) is 0 Å². The number of piperidine rings is 1. The van der Waals surface area contributed by atoms with Crippen LogP contribution in [-0.2, 0) is 11.3 Å². The van der Waals surface area contributed by atoms with Gasteiger partial charge in [-0.15, -0.1) is 0 Å². The van der Waals surface area contributed by atoms with E-state index < -0.39 is 0 Å². The van der Waals surface area contributed by atoms with Gasteiger partial charge in [0.05, 0.1) is 16.8 Å². The molecule has 1 aliphatic heterocycles. The van der Waals surface area contributed by atoms with E-state index in [1.807, 2.05) is 19.1 Å². The molecule has 4 rings (SSSR count). The summed E-state index contributed by atoms with van der Waals surface area (Å²) in [4.78, 5) is 19.3. The Kier molecular flexibility index (Phi) is 5.67. The van der Waals surface area contributed by atoms with Crippen LogP contribution in [0.15, 0.2) is 48.7 Å². The van der Waals surface area contributed by atoms with Gasteiger partial charge in [0.25, 0.3) is 0 Å². The first-order valence-corrected chi connectivity index (χ1v) is 10.4. The van der Waals surface area contributed by atoms with Crippen molar-refractivity contribution in [3.63, 3.8) is 0 Å². The lowest BCUT2D eigenvalue weighted by Crippen LogP contribution is -2.40. The summed E-state index contributed by atoms with van der Waals surface area (Å²) >= 11 is 0. The molecule has 0 radical (unpaired) electrons. The molecule has 1 aliphatic rings. The van der Waals surface area contributed by atoms with Crippen LogP contribution in [0.25, 0.3) is 10.9 Å². The summed E-state index contributed by atoms with van der Waals surface area (Å²) in [6.07, 6.45) is 3.22. The second-order valence-electron chi connectivity index (χ2n) is 8.12. The van der Waals surface area contributed by atoms with Gasteiger partial charge in [-0.2, -0.15) is 5.26 Å². The molecule has 5 heteroatoms. The Hall–Kier alpha value is -3.39. The van der Waals surface area contributed by atoms with Crippen LogP contribution >= 0.6 is 0 Å². The minimum Gasteiger partial charge on any atom is -0.370 e. The molecule has 1 N–H and O–H groups in total. The Labute approximate surface area is 177 Å². The van der Waals surface area contributed by atoms with E-state index in [9.17, 15) is 10.1 Å². The van der Waals surface area contributed by atoms with E-state index in [2.05, 4.69) is 58.5 Å². The van der Waals surface area contributed by atoms with Crippen LogP contribution in [0.3, 0.4) is 0 Å². The molecule has 0 bridgehead atoms. The third kappa shape index (κ3) is 4.13. The molecule has 1 amide bonds. The molecule has 5 nitrogen and oxygen atoms in total. The second kappa shape index (κ2) is 8.54. The number of fused-ring (bicyclic) bond motifs is 1. The van der Waals surface area contributed by atoms with E-state index >= 15 is 0 Å². The van der Waals surface area contributed by atoms with Crippen LogP contribution in [0, 0.1) is 31.1 Å². The van der Waals surface area contributed by atoms with Crippen molar-refractivity contribution >= 4 is 22.5 Å². The molecule has 30 heavy (non-hydrogen) atoms. The van der Waals surface area contributed by atoms with Gasteiger partial charge in [-0.3, -0.25) is 9.78 Å². The molecule has 152 valence electrons. The van der Waals surface area contributed by atoms with Gasteiger partial charge in [0.15, 0.2) is 0 Å². The second-order valence-corrected chi connectivity index (χ2v) is 8.12. The van der Waals surface area contributed by atoms with Crippen molar-refractivity contribution < 1.29 is 4.79 Å². The molecule has 1 fully saturated rings. The van der Waals surface area contributed by atoms with Crippen LogP contribution in [0.5, 0.6) is 0 Å². The number of hydrogen-bond donors (Lipinski definition) is 1. The van der Waals surface area contributed by atoms with Gasteiger partial charge < -0.3 is 10.2 Å². The summed E-state index contributed by atoms with van der Waals surface area (Å²) in [5.41, 5.74) is 5.91. The monoisotopic (exact) mass is 398 g/mol. The molecule has 0 unspecified atom stereocenters. The fraction of sp³-hybridized carbons (Fsp3) is 0.320. The third-order valence-corrected chi connectivity index (χ3v) is 5.88.